The monoisotopic (exact) mass is 343 g/mol. The van der Waals surface area contributed by atoms with E-state index >= 15 is 0 Å². The predicted molar refractivity (Wildman–Crippen MR) is 68.3 cm³/mol. The highest BCUT2D eigenvalue weighted by Crippen LogP contribution is 2.34. The zero-order valence-electron chi connectivity index (χ0n) is 9.74. The van der Waals surface area contributed by atoms with Crippen LogP contribution in [0.1, 0.15) is 31.5 Å². The fraction of sp³-hybridized carbons (Fsp3) is 0.800. The van der Waals surface area contributed by atoms with Crippen LogP contribution in [0.25, 0.3) is 0 Å². The number of nitrogens with zero attached hydrogens (tertiary/aromatic N) is 3. The van der Waals surface area contributed by atoms with E-state index in [-0.39, 0.29) is 6.04 Å². The Bertz CT molecular complexity index is 409. The maximum absolute atomic E-state index is 12.4. The van der Waals surface area contributed by atoms with Gasteiger partial charge in [0.1, 0.15) is 0 Å². The molecule has 1 fully saturated rings. The smallest absolute Gasteiger partial charge is 0.346 e. The van der Waals surface area contributed by atoms with Crippen molar-refractivity contribution in [1.82, 2.24) is 9.36 Å². The average Bonchev–Trinajstić information content (AvgIpc) is 2.77. The molecule has 1 saturated carbocycles. The summed E-state index contributed by atoms with van der Waals surface area (Å²) in [6.07, 6.45) is -0.199. The van der Waals surface area contributed by atoms with Crippen LogP contribution in [-0.4, -0.2) is 27.3 Å². The minimum absolute atomic E-state index is 0.188. The second-order valence-corrected chi connectivity index (χ2v) is 6.28. The molecule has 2 rings (SSSR count). The van der Waals surface area contributed by atoms with E-state index in [1.165, 1.54) is 0 Å². The molecule has 1 aliphatic carbocycles. The highest BCUT2D eigenvalue weighted by Gasteiger charge is 2.37. The largest absolute Gasteiger partial charge is 0.452 e. The molecule has 0 amide bonds. The van der Waals surface area contributed by atoms with E-state index in [1.807, 2.05) is 4.90 Å². The van der Waals surface area contributed by atoms with Crippen LogP contribution in [0.2, 0.25) is 0 Å². The van der Waals surface area contributed by atoms with Gasteiger partial charge in [-0.15, -0.1) is 0 Å². The first-order valence-electron chi connectivity index (χ1n) is 5.67. The van der Waals surface area contributed by atoms with E-state index < -0.39 is 12.0 Å². The van der Waals surface area contributed by atoms with Gasteiger partial charge in [0.2, 0.25) is 11.0 Å². The van der Waals surface area contributed by atoms with Crippen molar-refractivity contribution in [3.63, 3.8) is 0 Å². The summed E-state index contributed by atoms with van der Waals surface area (Å²) in [5.74, 6) is -1.05. The molecule has 0 radical (unpaired) electrons. The molecule has 1 aliphatic rings. The van der Waals surface area contributed by atoms with Crippen LogP contribution in [0.3, 0.4) is 0 Å². The lowest BCUT2D eigenvalue weighted by Crippen LogP contribution is -2.40. The molecule has 1 aromatic rings. The molecule has 0 aromatic carbocycles. The molecule has 2 unspecified atom stereocenters. The summed E-state index contributed by atoms with van der Waals surface area (Å²) in [5.41, 5.74) is 0. The Morgan fingerprint density at radius 1 is 1.33 bits per heavy atom. The van der Waals surface area contributed by atoms with Crippen LogP contribution >= 0.6 is 27.5 Å². The summed E-state index contributed by atoms with van der Waals surface area (Å²) in [5, 5.41) is 0.332. The highest BCUT2D eigenvalue weighted by atomic mass is 79.9. The maximum Gasteiger partial charge on any atom is 0.452 e. The standard InChI is InChI=1S/C10H13BrF3N3S/c1-17(7-5-3-2-4-6(7)11)9-15-8(16-18-9)10(12,13)14/h6-7H,2-5H2,1H3. The fourth-order valence-electron chi connectivity index (χ4n) is 2.12. The number of hydrogen-bond acceptors (Lipinski definition) is 4. The second-order valence-electron chi connectivity index (χ2n) is 4.38. The van der Waals surface area contributed by atoms with E-state index in [2.05, 4.69) is 25.3 Å². The van der Waals surface area contributed by atoms with Gasteiger partial charge in [-0.2, -0.15) is 22.5 Å². The lowest BCUT2D eigenvalue weighted by atomic mass is 9.94. The zero-order valence-corrected chi connectivity index (χ0v) is 12.1. The number of aromatic nitrogens is 2. The summed E-state index contributed by atoms with van der Waals surface area (Å²) < 4.78 is 40.7. The molecule has 0 bridgehead atoms. The predicted octanol–water partition coefficient (Wildman–Crippen LogP) is 3.70. The minimum Gasteiger partial charge on any atom is -0.346 e. The van der Waals surface area contributed by atoms with Crippen LogP contribution in [0.5, 0.6) is 0 Å². The SMILES string of the molecule is CN(c1nc(C(F)(F)F)ns1)C1CCCCC1Br. The molecule has 0 spiro atoms. The molecule has 0 aliphatic heterocycles. The summed E-state index contributed by atoms with van der Waals surface area (Å²) >= 11 is 4.40. The lowest BCUT2D eigenvalue weighted by molar-refractivity contribution is -0.144. The normalized spacial score (nSPS) is 25.2. The lowest BCUT2D eigenvalue weighted by Gasteiger charge is -2.34. The van der Waals surface area contributed by atoms with Gasteiger partial charge in [0.05, 0.1) is 0 Å². The summed E-state index contributed by atoms with van der Waals surface area (Å²) in [6.45, 7) is 0. The van der Waals surface area contributed by atoms with E-state index in [0.717, 1.165) is 37.2 Å². The minimum atomic E-state index is -4.46. The first-order valence-corrected chi connectivity index (χ1v) is 7.36. The van der Waals surface area contributed by atoms with E-state index in [1.54, 1.807) is 7.05 Å². The van der Waals surface area contributed by atoms with E-state index in [0.29, 0.717) is 9.96 Å². The van der Waals surface area contributed by atoms with Crippen LogP contribution in [-0.2, 0) is 6.18 Å². The Balaban J connectivity index is 2.13. The Kier molecular flexibility index (Phi) is 4.15. The van der Waals surface area contributed by atoms with Gasteiger partial charge in [0, 0.05) is 29.4 Å². The van der Waals surface area contributed by atoms with Gasteiger partial charge < -0.3 is 4.90 Å². The third-order valence-electron chi connectivity index (χ3n) is 3.12. The average molecular weight is 344 g/mol. The van der Waals surface area contributed by atoms with Crippen molar-refractivity contribution in [2.24, 2.45) is 0 Å². The van der Waals surface area contributed by atoms with Crippen molar-refractivity contribution in [2.75, 3.05) is 11.9 Å². The Morgan fingerprint density at radius 3 is 2.56 bits per heavy atom. The molecule has 3 nitrogen and oxygen atoms in total. The molecule has 1 heterocycles. The molecular formula is C10H13BrF3N3S. The summed E-state index contributed by atoms with van der Waals surface area (Å²) in [7, 11) is 1.78. The van der Waals surface area contributed by atoms with Crippen molar-refractivity contribution >= 4 is 32.6 Å². The van der Waals surface area contributed by atoms with Gasteiger partial charge in [-0.1, -0.05) is 28.8 Å². The quantitative estimate of drug-likeness (QED) is 0.766. The molecule has 2 atom stereocenters. The molecule has 102 valence electrons. The van der Waals surface area contributed by atoms with Crippen molar-refractivity contribution < 1.29 is 13.2 Å². The molecule has 0 saturated heterocycles. The summed E-state index contributed by atoms with van der Waals surface area (Å²) in [6, 6.07) is 0.188. The topological polar surface area (TPSA) is 29.0 Å². The Labute approximate surface area is 116 Å². The van der Waals surface area contributed by atoms with Crippen molar-refractivity contribution in [3.8, 4) is 0 Å². The number of halogens is 4. The summed E-state index contributed by atoms with van der Waals surface area (Å²) in [4.78, 5) is 5.69. The first kappa shape index (κ1) is 14.0. The van der Waals surface area contributed by atoms with Gasteiger partial charge >= 0.3 is 6.18 Å². The number of anilines is 1. The second kappa shape index (κ2) is 5.32. The maximum atomic E-state index is 12.4. The third-order valence-corrected chi connectivity index (χ3v) is 4.99. The van der Waals surface area contributed by atoms with Gasteiger partial charge in [0.25, 0.3) is 0 Å². The van der Waals surface area contributed by atoms with Crippen molar-refractivity contribution in [3.05, 3.63) is 5.82 Å². The third kappa shape index (κ3) is 2.96. The molecule has 0 N–H and O–H groups in total. The first-order chi connectivity index (χ1) is 8.39. The van der Waals surface area contributed by atoms with Gasteiger partial charge in [-0.25, -0.2) is 0 Å². The number of rotatable bonds is 2. The molecule has 8 heteroatoms. The van der Waals surface area contributed by atoms with Gasteiger partial charge in [0.15, 0.2) is 0 Å². The van der Waals surface area contributed by atoms with Crippen molar-refractivity contribution in [2.45, 2.75) is 42.7 Å². The van der Waals surface area contributed by atoms with Crippen LogP contribution in [0.15, 0.2) is 0 Å². The fourth-order valence-corrected chi connectivity index (χ4v) is 3.76. The zero-order chi connectivity index (χ0) is 13.3. The van der Waals surface area contributed by atoms with Crippen LogP contribution in [0, 0.1) is 0 Å². The molecular weight excluding hydrogens is 331 g/mol. The number of hydrogen-bond donors (Lipinski definition) is 0. The van der Waals surface area contributed by atoms with Crippen LogP contribution in [0.4, 0.5) is 18.3 Å². The van der Waals surface area contributed by atoms with E-state index in [9.17, 15) is 13.2 Å². The van der Waals surface area contributed by atoms with Crippen molar-refractivity contribution in [1.29, 1.82) is 0 Å². The Hall–Kier alpha value is -0.370. The molecule has 1 aromatic heterocycles. The molecule has 18 heavy (non-hydrogen) atoms. The number of alkyl halides is 4. The highest BCUT2D eigenvalue weighted by molar-refractivity contribution is 9.09. The van der Waals surface area contributed by atoms with Gasteiger partial charge in [-0.3, -0.25) is 0 Å². The van der Waals surface area contributed by atoms with Gasteiger partial charge in [-0.05, 0) is 12.8 Å². The van der Waals surface area contributed by atoms with Crippen LogP contribution < -0.4 is 4.90 Å². The van der Waals surface area contributed by atoms with E-state index in [4.69, 9.17) is 0 Å². The Morgan fingerprint density at radius 2 is 2.00 bits per heavy atom.